The highest BCUT2D eigenvalue weighted by molar-refractivity contribution is 5.84. The number of aryl methyl sites for hydroxylation is 1. The van der Waals surface area contributed by atoms with Crippen molar-refractivity contribution in [3.63, 3.8) is 0 Å². The molecule has 2 aromatic heterocycles. The van der Waals surface area contributed by atoms with E-state index >= 15 is 0 Å². The second kappa shape index (κ2) is 4.23. The first-order valence-corrected chi connectivity index (χ1v) is 5.79. The maximum absolute atomic E-state index is 9.03. The van der Waals surface area contributed by atoms with E-state index in [2.05, 4.69) is 27.9 Å². The van der Waals surface area contributed by atoms with Gasteiger partial charge in [-0.3, -0.25) is 0 Å². The van der Waals surface area contributed by atoms with E-state index in [-0.39, 0.29) is 6.61 Å². The van der Waals surface area contributed by atoms with Gasteiger partial charge in [-0.15, -0.1) is 0 Å². The van der Waals surface area contributed by atoms with Crippen LogP contribution in [0.5, 0.6) is 0 Å². The van der Waals surface area contributed by atoms with E-state index in [0.29, 0.717) is 11.5 Å². The van der Waals surface area contributed by atoms with E-state index in [1.165, 1.54) is 0 Å². The molecule has 0 saturated carbocycles. The summed E-state index contributed by atoms with van der Waals surface area (Å²) in [4.78, 5) is 11.9. The van der Waals surface area contributed by atoms with E-state index in [4.69, 9.17) is 5.11 Å². The molecule has 0 aliphatic rings. The minimum Gasteiger partial charge on any atom is -0.390 e. The van der Waals surface area contributed by atoms with Crippen LogP contribution in [0.4, 0.5) is 0 Å². The Hall–Kier alpha value is -2.20. The van der Waals surface area contributed by atoms with Gasteiger partial charge < -0.3 is 10.1 Å². The SMILES string of the molecule is Cc1cc(-c2ncc(CO)[nH]2)nc2ccccc12. The van der Waals surface area contributed by atoms with Crippen LogP contribution in [-0.4, -0.2) is 20.1 Å². The molecule has 0 spiro atoms. The monoisotopic (exact) mass is 239 g/mol. The number of aromatic amines is 1. The molecule has 18 heavy (non-hydrogen) atoms. The van der Waals surface area contributed by atoms with Crippen molar-refractivity contribution in [3.05, 3.63) is 47.8 Å². The van der Waals surface area contributed by atoms with Crippen LogP contribution in [-0.2, 0) is 6.61 Å². The van der Waals surface area contributed by atoms with Crippen LogP contribution in [0.1, 0.15) is 11.3 Å². The predicted molar refractivity (Wildman–Crippen MR) is 70.0 cm³/mol. The summed E-state index contributed by atoms with van der Waals surface area (Å²) in [5, 5.41) is 10.2. The molecular weight excluding hydrogens is 226 g/mol. The van der Waals surface area contributed by atoms with Gasteiger partial charge >= 0.3 is 0 Å². The fraction of sp³-hybridized carbons (Fsp3) is 0.143. The molecule has 90 valence electrons. The lowest BCUT2D eigenvalue weighted by atomic mass is 10.1. The number of pyridine rings is 1. The average Bonchev–Trinajstić information content (AvgIpc) is 2.87. The summed E-state index contributed by atoms with van der Waals surface area (Å²) >= 11 is 0. The maximum Gasteiger partial charge on any atom is 0.156 e. The third-order valence-corrected chi connectivity index (χ3v) is 2.96. The van der Waals surface area contributed by atoms with Gasteiger partial charge in [-0.25, -0.2) is 9.97 Å². The molecule has 0 aliphatic carbocycles. The molecule has 0 amide bonds. The van der Waals surface area contributed by atoms with Crippen LogP contribution < -0.4 is 0 Å². The van der Waals surface area contributed by atoms with Crippen LogP contribution in [0, 0.1) is 6.92 Å². The highest BCUT2D eigenvalue weighted by atomic mass is 16.3. The largest absolute Gasteiger partial charge is 0.390 e. The number of nitrogens with zero attached hydrogens (tertiary/aromatic N) is 2. The molecular formula is C14H13N3O. The van der Waals surface area contributed by atoms with Gasteiger partial charge in [0.2, 0.25) is 0 Å². The number of hydrogen-bond acceptors (Lipinski definition) is 3. The zero-order chi connectivity index (χ0) is 12.5. The van der Waals surface area contributed by atoms with Crippen LogP contribution in [0.3, 0.4) is 0 Å². The number of para-hydroxylation sites is 1. The number of benzene rings is 1. The van der Waals surface area contributed by atoms with Crippen molar-refractivity contribution in [2.45, 2.75) is 13.5 Å². The van der Waals surface area contributed by atoms with Crippen molar-refractivity contribution in [2.24, 2.45) is 0 Å². The van der Waals surface area contributed by atoms with Gasteiger partial charge in [0, 0.05) is 5.39 Å². The summed E-state index contributed by atoms with van der Waals surface area (Å²) in [5.74, 6) is 0.688. The number of hydrogen-bond donors (Lipinski definition) is 2. The number of imidazole rings is 1. The Kier molecular flexibility index (Phi) is 2.57. The first-order chi connectivity index (χ1) is 8.78. The van der Waals surface area contributed by atoms with Crippen molar-refractivity contribution in [1.29, 1.82) is 0 Å². The quantitative estimate of drug-likeness (QED) is 0.722. The molecule has 4 nitrogen and oxygen atoms in total. The molecule has 0 atom stereocenters. The summed E-state index contributed by atoms with van der Waals surface area (Å²) in [6.07, 6.45) is 1.63. The molecule has 0 aliphatic heterocycles. The number of H-pyrrole nitrogens is 1. The van der Waals surface area contributed by atoms with Crippen molar-refractivity contribution < 1.29 is 5.11 Å². The zero-order valence-corrected chi connectivity index (χ0v) is 10.0. The van der Waals surface area contributed by atoms with Gasteiger partial charge in [-0.2, -0.15) is 0 Å². The molecule has 3 rings (SSSR count). The van der Waals surface area contributed by atoms with Crippen molar-refractivity contribution in [2.75, 3.05) is 0 Å². The second-order valence-corrected chi connectivity index (χ2v) is 4.26. The second-order valence-electron chi connectivity index (χ2n) is 4.26. The smallest absolute Gasteiger partial charge is 0.156 e. The Morgan fingerprint density at radius 2 is 2.11 bits per heavy atom. The first kappa shape index (κ1) is 10.9. The third-order valence-electron chi connectivity index (χ3n) is 2.96. The fourth-order valence-electron chi connectivity index (χ4n) is 2.04. The fourth-order valence-corrected chi connectivity index (χ4v) is 2.04. The number of aliphatic hydroxyl groups excluding tert-OH is 1. The van der Waals surface area contributed by atoms with E-state index in [1.54, 1.807) is 6.20 Å². The van der Waals surface area contributed by atoms with Crippen LogP contribution in [0.25, 0.3) is 22.4 Å². The highest BCUT2D eigenvalue weighted by Gasteiger charge is 2.07. The molecule has 4 heteroatoms. The van der Waals surface area contributed by atoms with E-state index in [0.717, 1.165) is 22.2 Å². The first-order valence-electron chi connectivity index (χ1n) is 5.79. The van der Waals surface area contributed by atoms with Gasteiger partial charge in [0.1, 0.15) is 5.69 Å². The zero-order valence-electron chi connectivity index (χ0n) is 10.0. The molecule has 0 bridgehead atoms. The van der Waals surface area contributed by atoms with E-state index in [1.807, 2.05) is 24.3 Å². The number of nitrogens with one attached hydrogen (secondary N) is 1. The lowest BCUT2D eigenvalue weighted by Gasteiger charge is -2.04. The normalized spacial score (nSPS) is 11.0. The van der Waals surface area contributed by atoms with Gasteiger partial charge in [0.05, 0.1) is 24.0 Å². The molecule has 2 heterocycles. The lowest BCUT2D eigenvalue weighted by Crippen LogP contribution is -1.90. The summed E-state index contributed by atoms with van der Waals surface area (Å²) in [7, 11) is 0. The molecule has 0 radical (unpaired) electrons. The summed E-state index contributed by atoms with van der Waals surface area (Å²) in [6, 6.07) is 10.0. The van der Waals surface area contributed by atoms with Gasteiger partial charge in [-0.1, -0.05) is 18.2 Å². The molecule has 2 N–H and O–H groups in total. The summed E-state index contributed by atoms with van der Waals surface area (Å²) < 4.78 is 0. The van der Waals surface area contributed by atoms with E-state index in [9.17, 15) is 0 Å². The van der Waals surface area contributed by atoms with Gasteiger partial charge in [-0.05, 0) is 24.6 Å². The molecule has 0 fully saturated rings. The van der Waals surface area contributed by atoms with Crippen LogP contribution >= 0.6 is 0 Å². The standard InChI is InChI=1S/C14H13N3O/c1-9-6-13(14-15-7-10(8-18)16-14)17-12-5-3-2-4-11(9)12/h2-7,18H,8H2,1H3,(H,15,16). The highest BCUT2D eigenvalue weighted by Crippen LogP contribution is 2.22. The lowest BCUT2D eigenvalue weighted by molar-refractivity contribution is 0.277. The summed E-state index contributed by atoms with van der Waals surface area (Å²) in [6.45, 7) is 2.02. The minimum atomic E-state index is -0.0421. The van der Waals surface area contributed by atoms with Gasteiger partial charge in [0.25, 0.3) is 0 Å². The number of aliphatic hydroxyl groups is 1. The number of fused-ring (bicyclic) bond motifs is 1. The van der Waals surface area contributed by atoms with Gasteiger partial charge in [0.15, 0.2) is 5.82 Å². The average molecular weight is 239 g/mol. The predicted octanol–water partition coefficient (Wildman–Crippen LogP) is 2.43. The minimum absolute atomic E-state index is 0.0421. The van der Waals surface area contributed by atoms with Crippen LogP contribution in [0.15, 0.2) is 36.5 Å². The van der Waals surface area contributed by atoms with Crippen molar-refractivity contribution in [3.8, 4) is 11.5 Å². The Morgan fingerprint density at radius 1 is 1.28 bits per heavy atom. The molecule has 3 aromatic rings. The van der Waals surface area contributed by atoms with Crippen molar-refractivity contribution >= 4 is 10.9 Å². The summed E-state index contributed by atoms with van der Waals surface area (Å²) in [5.41, 5.74) is 3.61. The Morgan fingerprint density at radius 3 is 2.89 bits per heavy atom. The number of rotatable bonds is 2. The van der Waals surface area contributed by atoms with Crippen molar-refractivity contribution in [1.82, 2.24) is 15.0 Å². The van der Waals surface area contributed by atoms with E-state index < -0.39 is 0 Å². The topological polar surface area (TPSA) is 61.8 Å². The maximum atomic E-state index is 9.03. The number of aromatic nitrogens is 3. The Bertz CT molecular complexity index is 703. The Labute approximate surface area is 104 Å². The van der Waals surface area contributed by atoms with Crippen LogP contribution in [0.2, 0.25) is 0 Å². The molecule has 0 saturated heterocycles. The third kappa shape index (κ3) is 1.76. The Balaban J connectivity index is 2.18. The molecule has 0 unspecified atom stereocenters. The molecule has 1 aromatic carbocycles.